The van der Waals surface area contributed by atoms with Gasteiger partial charge in [-0.15, -0.1) is 0 Å². The molecule has 0 aliphatic carbocycles. The molecule has 0 aromatic heterocycles. The Morgan fingerprint density at radius 1 is 1.22 bits per heavy atom. The molecule has 1 aromatic rings. The van der Waals surface area contributed by atoms with Crippen LogP contribution in [-0.4, -0.2) is 25.7 Å². The van der Waals surface area contributed by atoms with Gasteiger partial charge >= 0.3 is 0 Å². The normalized spacial score (nSPS) is 12.6. The molecule has 0 spiro atoms. The molecule has 0 radical (unpaired) electrons. The molecule has 0 bridgehead atoms. The summed E-state index contributed by atoms with van der Waals surface area (Å²) in [5.74, 6) is 0. The largest absolute Gasteiger partial charge is 0.315 e. The Balaban J connectivity index is 2.07. The minimum absolute atomic E-state index is 0.564. The highest BCUT2D eigenvalue weighted by Gasteiger charge is 1.99. The molecule has 0 saturated heterocycles. The second-order valence-corrected chi connectivity index (χ2v) is 5.15. The SMILES string of the molecule is CCCNCC(C)NCCCc1cccc(C)c1. The van der Waals surface area contributed by atoms with Crippen LogP contribution in [0.4, 0.5) is 0 Å². The van der Waals surface area contributed by atoms with Gasteiger partial charge < -0.3 is 10.6 Å². The van der Waals surface area contributed by atoms with Gasteiger partial charge in [0.2, 0.25) is 0 Å². The van der Waals surface area contributed by atoms with Crippen molar-refractivity contribution < 1.29 is 0 Å². The van der Waals surface area contributed by atoms with Crippen molar-refractivity contribution in [3.8, 4) is 0 Å². The molecule has 1 rings (SSSR count). The van der Waals surface area contributed by atoms with Crippen LogP contribution in [0.25, 0.3) is 0 Å². The first kappa shape index (κ1) is 15.2. The second-order valence-electron chi connectivity index (χ2n) is 5.15. The molecule has 2 N–H and O–H groups in total. The lowest BCUT2D eigenvalue weighted by Crippen LogP contribution is -2.37. The topological polar surface area (TPSA) is 24.1 Å². The Morgan fingerprint density at radius 3 is 2.78 bits per heavy atom. The zero-order valence-electron chi connectivity index (χ0n) is 12.1. The van der Waals surface area contributed by atoms with Gasteiger partial charge in [-0.25, -0.2) is 0 Å². The molecule has 1 aromatic carbocycles. The summed E-state index contributed by atoms with van der Waals surface area (Å²) in [7, 11) is 0. The molecule has 102 valence electrons. The van der Waals surface area contributed by atoms with Crippen LogP contribution in [0, 0.1) is 6.92 Å². The number of hydrogen-bond acceptors (Lipinski definition) is 2. The maximum absolute atomic E-state index is 3.56. The third-order valence-electron chi connectivity index (χ3n) is 3.09. The third-order valence-corrected chi connectivity index (χ3v) is 3.09. The molecule has 0 saturated carbocycles. The number of rotatable bonds is 9. The number of hydrogen-bond donors (Lipinski definition) is 2. The lowest BCUT2D eigenvalue weighted by molar-refractivity contribution is 0.496. The van der Waals surface area contributed by atoms with Crippen LogP contribution in [0.15, 0.2) is 24.3 Å². The molecule has 0 aliphatic rings. The van der Waals surface area contributed by atoms with Gasteiger partial charge in [0.25, 0.3) is 0 Å². The van der Waals surface area contributed by atoms with Gasteiger partial charge in [-0.1, -0.05) is 36.8 Å². The zero-order chi connectivity index (χ0) is 13.2. The van der Waals surface area contributed by atoms with Gasteiger partial charge in [0, 0.05) is 12.6 Å². The fourth-order valence-electron chi connectivity index (χ4n) is 2.08. The Bertz CT molecular complexity index is 323. The maximum Gasteiger partial charge on any atom is 0.0164 e. The van der Waals surface area contributed by atoms with E-state index in [2.05, 4.69) is 55.7 Å². The van der Waals surface area contributed by atoms with E-state index in [1.807, 2.05) is 0 Å². The average Bonchev–Trinajstić information content (AvgIpc) is 2.35. The summed E-state index contributed by atoms with van der Waals surface area (Å²) < 4.78 is 0. The monoisotopic (exact) mass is 248 g/mol. The van der Waals surface area contributed by atoms with Crippen LogP contribution in [0.1, 0.15) is 37.8 Å². The van der Waals surface area contributed by atoms with E-state index in [1.165, 1.54) is 30.4 Å². The quantitative estimate of drug-likeness (QED) is 0.657. The van der Waals surface area contributed by atoms with Crippen molar-refractivity contribution in [2.75, 3.05) is 19.6 Å². The van der Waals surface area contributed by atoms with E-state index in [9.17, 15) is 0 Å². The highest BCUT2D eigenvalue weighted by Crippen LogP contribution is 2.05. The summed E-state index contributed by atoms with van der Waals surface area (Å²) in [6, 6.07) is 9.37. The van der Waals surface area contributed by atoms with Crippen LogP contribution in [-0.2, 0) is 6.42 Å². The average molecular weight is 248 g/mol. The van der Waals surface area contributed by atoms with Crippen molar-refractivity contribution in [1.29, 1.82) is 0 Å². The lowest BCUT2D eigenvalue weighted by atomic mass is 10.1. The molecule has 0 aliphatic heterocycles. The van der Waals surface area contributed by atoms with Crippen LogP contribution in [0.2, 0.25) is 0 Å². The van der Waals surface area contributed by atoms with Gasteiger partial charge in [-0.05, 0) is 51.8 Å². The molecule has 1 unspecified atom stereocenters. The summed E-state index contributed by atoms with van der Waals surface area (Å²) in [5.41, 5.74) is 2.81. The van der Waals surface area contributed by atoms with Gasteiger partial charge in [-0.3, -0.25) is 0 Å². The maximum atomic E-state index is 3.56. The summed E-state index contributed by atoms with van der Waals surface area (Å²) >= 11 is 0. The summed E-state index contributed by atoms with van der Waals surface area (Å²) in [5, 5.41) is 7.00. The number of nitrogens with one attached hydrogen (secondary N) is 2. The Hall–Kier alpha value is -0.860. The third kappa shape index (κ3) is 6.77. The summed E-state index contributed by atoms with van der Waals surface area (Å²) in [6.45, 7) is 9.89. The van der Waals surface area contributed by atoms with Gasteiger partial charge in [0.05, 0.1) is 0 Å². The number of aryl methyl sites for hydroxylation is 2. The fraction of sp³-hybridized carbons (Fsp3) is 0.625. The molecule has 0 amide bonds. The first-order valence-corrected chi connectivity index (χ1v) is 7.22. The van der Waals surface area contributed by atoms with Crippen LogP contribution in [0.5, 0.6) is 0 Å². The van der Waals surface area contributed by atoms with Crippen molar-refractivity contribution in [3.05, 3.63) is 35.4 Å². The Labute approximate surface area is 112 Å². The Morgan fingerprint density at radius 2 is 2.06 bits per heavy atom. The van der Waals surface area contributed by atoms with Crippen molar-refractivity contribution in [1.82, 2.24) is 10.6 Å². The smallest absolute Gasteiger partial charge is 0.0164 e. The molecule has 2 heteroatoms. The minimum atomic E-state index is 0.564. The molecule has 2 nitrogen and oxygen atoms in total. The van der Waals surface area contributed by atoms with E-state index in [-0.39, 0.29) is 0 Å². The molecule has 0 fully saturated rings. The van der Waals surface area contributed by atoms with Crippen LogP contribution in [0.3, 0.4) is 0 Å². The molecule has 0 heterocycles. The minimum Gasteiger partial charge on any atom is -0.315 e. The molecule has 18 heavy (non-hydrogen) atoms. The predicted molar refractivity (Wildman–Crippen MR) is 80.1 cm³/mol. The van der Waals surface area contributed by atoms with Crippen molar-refractivity contribution in [2.24, 2.45) is 0 Å². The standard InChI is InChI=1S/C16H28N2/c1-4-10-17-13-15(3)18-11-6-9-16-8-5-7-14(2)12-16/h5,7-8,12,15,17-18H,4,6,9-11,13H2,1-3H3. The van der Waals surface area contributed by atoms with E-state index in [4.69, 9.17) is 0 Å². The highest BCUT2D eigenvalue weighted by molar-refractivity contribution is 5.22. The van der Waals surface area contributed by atoms with Gasteiger partial charge in [-0.2, -0.15) is 0 Å². The first-order valence-electron chi connectivity index (χ1n) is 7.22. The van der Waals surface area contributed by atoms with E-state index in [0.717, 1.165) is 19.6 Å². The zero-order valence-corrected chi connectivity index (χ0v) is 12.1. The van der Waals surface area contributed by atoms with E-state index in [1.54, 1.807) is 0 Å². The first-order chi connectivity index (χ1) is 8.72. The number of benzene rings is 1. The summed E-state index contributed by atoms with van der Waals surface area (Å²) in [4.78, 5) is 0. The summed E-state index contributed by atoms with van der Waals surface area (Å²) in [6.07, 6.45) is 3.59. The predicted octanol–water partition coefficient (Wildman–Crippen LogP) is 2.91. The van der Waals surface area contributed by atoms with E-state index >= 15 is 0 Å². The molecular formula is C16H28N2. The van der Waals surface area contributed by atoms with Crippen molar-refractivity contribution in [3.63, 3.8) is 0 Å². The van der Waals surface area contributed by atoms with Gasteiger partial charge in [0.1, 0.15) is 0 Å². The Kier molecular flexibility index (Phi) is 7.70. The fourth-order valence-corrected chi connectivity index (χ4v) is 2.08. The highest BCUT2D eigenvalue weighted by atomic mass is 15.0. The van der Waals surface area contributed by atoms with Crippen molar-refractivity contribution in [2.45, 2.75) is 46.1 Å². The van der Waals surface area contributed by atoms with Crippen LogP contribution >= 0.6 is 0 Å². The second kappa shape index (κ2) is 9.12. The molecular weight excluding hydrogens is 220 g/mol. The van der Waals surface area contributed by atoms with E-state index in [0.29, 0.717) is 6.04 Å². The molecule has 1 atom stereocenters. The van der Waals surface area contributed by atoms with E-state index < -0.39 is 0 Å². The van der Waals surface area contributed by atoms with Crippen LogP contribution < -0.4 is 10.6 Å². The lowest BCUT2D eigenvalue weighted by Gasteiger charge is -2.14. The van der Waals surface area contributed by atoms with Gasteiger partial charge in [0.15, 0.2) is 0 Å². The van der Waals surface area contributed by atoms with Crippen molar-refractivity contribution >= 4 is 0 Å².